The number of nitrogens with two attached hydrogens (primary N) is 1. The van der Waals surface area contributed by atoms with Crippen molar-refractivity contribution in [1.29, 1.82) is 0 Å². The topological polar surface area (TPSA) is 72.2 Å². The van der Waals surface area contributed by atoms with E-state index < -0.39 is 10.0 Å². The molecule has 20 heavy (non-hydrogen) atoms. The lowest BCUT2D eigenvalue weighted by Gasteiger charge is -2.12. The first-order chi connectivity index (χ1) is 9.29. The van der Waals surface area contributed by atoms with E-state index in [1.807, 2.05) is 0 Å². The van der Waals surface area contributed by atoms with E-state index in [9.17, 15) is 8.42 Å². The molecule has 0 heterocycles. The number of benzene rings is 2. The zero-order valence-corrected chi connectivity index (χ0v) is 14.6. The number of anilines is 2. The van der Waals surface area contributed by atoms with Crippen LogP contribution in [0.15, 0.2) is 50.2 Å². The first-order valence-corrected chi connectivity index (χ1v) is 8.77. The molecule has 3 N–H and O–H groups in total. The first kappa shape index (κ1) is 15.6. The number of hydrogen-bond donors (Lipinski definition) is 2. The van der Waals surface area contributed by atoms with Gasteiger partial charge >= 0.3 is 0 Å². The second-order valence-corrected chi connectivity index (χ2v) is 7.77. The first-order valence-electron chi connectivity index (χ1n) is 5.32. The van der Waals surface area contributed by atoms with E-state index in [0.29, 0.717) is 15.2 Å². The highest BCUT2D eigenvalue weighted by Crippen LogP contribution is 2.30. The fourth-order valence-corrected chi connectivity index (χ4v) is 3.74. The van der Waals surface area contributed by atoms with Crippen LogP contribution in [0.4, 0.5) is 11.4 Å². The lowest BCUT2D eigenvalue weighted by molar-refractivity contribution is 0.601. The summed E-state index contributed by atoms with van der Waals surface area (Å²) in [4.78, 5) is -0.0197. The summed E-state index contributed by atoms with van der Waals surface area (Å²) in [6.07, 6.45) is 0. The summed E-state index contributed by atoms with van der Waals surface area (Å²) in [6.45, 7) is 0. The molecule has 2 aromatic carbocycles. The molecule has 0 unspecified atom stereocenters. The highest BCUT2D eigenvalue weighted by atomic mass is 79.9. The maximum Gasteiger partial charge on any atom is 0.263 e. The van der Waals surface area contributed by atoms with E-state index in [1.54, 1.807) is 18.2 Å². The summed E-state index contributed by atoms with van der Waals surface area (Å²) in [5.41, 5.74) is 6.21. The fourth-order valence-electron chi connectivity index (χ4n) is 1.54. The maximum absolute atomic E-state index is 12.3. The molecule has 2 rings (SSSR count). The molecule has 0 saturated carbocycles. The third-order valence-electron chi connectivity index (χ3n) is 2.43. The Hall–Kier alpha value is -0.760. The second-order valence-electron chi connectivity index (χ2n) is 3.91. The maximum atomic E-state index is 12.3. The Morgan fingerprint density at radius 1 is 1.10 bits per heavy atom. The van der Waals surface area contributed by atoms with Crippen LogP contribution >= 0.6 is 43.5 Å². The molecule has 0 radical (unpaired) electrons. The molecular weight excluding hydrogens is 431 g/mol. The molecule has 0 aliphatic rings. The van der Waals surface area contributed by atoms with Crippen molar-refractivity contribution in [2.24, 2.45) is 0 Å². The Morgan fingerprint density at radius 3 is 2.45 bits per heavy atom. The third-order valence-corrected chi connectivity index (χ3v) is 5.29. The minimum Gasteiger partial charge on any atom is -0.398 e. The summed E-state index contributed by atoms with van der Waals surface area (Å²) < 4.78 is 28.5. The van der Waals surface area contributed by atoms with Crippen LogP contribution in [0, 0.1) is 0 Å². The molecule has 0 bridgehead atoms. The van der Waals surface area contributed by atoms with Gasteiger partial charge in [0.05, 0.1) is 11.4 Å². The average Bonchev–Trinajstić information content (AvgIpc) is 2.33. The van der Waals surface area contributed by atoms with Crippen LogP contribution in [0.3, 0.4) is 0 Å². The summed E-state index contributed by atoms with van der Waals surface area (Å²) in [7, 11) is -3.78. The van der Waals surface area contributed by atoms with Gasteiger partial charge in [0, 0.05) is 14.0 Å². The zero-order valence-electron chi connectivity index (χ0n) is 9.90. The van der Waals surface area contributed by atoms with Crippen molar-refractivity contribution in [1.82, 2.24) is 0 Å². The summed E-state index contributed by atoms with van der Waals surface area (Å²) in [6, 6.07) is 9.40. The Balaban J connectivity index is 2.43. The minimum absolute atomic E-state index is 0.0197. The van der Waals surface area contributed by atoms with Crippen molar-refractivity contribution in [2.45, 2.75) is 4.90 Å². The smallest absolute Gasteiger partial charge is 0.263 e. The van der Waals surface area contributed by atoms with Crippen LogP contribution < -0.4 is 10.5 Å². The molecule has 4 nitrogen and oxygen atoms in total. The molecule has 0 saturated heterocycles. The fraction of sp³-hybridized carbons (Fsp3) is 0. The number of sulfonamides is 1. The number of rotatable bonds is 3. The van der Waals surface area contributed by atoms with Crippen LogP contribution in [-0.2, 0) is 10.0 Å². The SMILES string of the molecule is Nc1cc(Cl)ccc1S(=O)(=O)Nc1cc(Br)ccc1Br. The van der Waals surface area contributed by atoms with Gasteiger partial charge in [-0.05, 0) is 52.3 Å². The van der Waals surface area contributed by atoms with Crippen LogP contribution in [0.25, 0.3) is 0 Å². The zero-order chi connectivity index (χ0) is 14.9. The summed E-state index contributed by atoms with van der Waals surface area (Å²) in [5, 5.41) is 0.380. The molecule has 0 aromatic heterocycles. The molecule has 0 spiro atoms. The molecule has 0 aliphatic carbocycles. The molecule has 0 atom stereocenters. The number of nitrogen functional groups attached to an aromatic ring is 1. The Bertz CT molecular complexity index is 766. The van der Waals surface area contributed by atoms with Crippen LogP contribution in [0.5, 0.6) is 0 Å². The quantitative estimate of drug-likeness (QED) is 0.701. The average molecular weight is 441 g/mol. The molecular formula is C12H9Br2ClN2O2S. The van der Waals surface area contributed by atoms with Crippen molar-refractivity contribution < 1.29 is 8.42 Å². The molecule has 0 fully saturated rings. The van der Waals surface area contributed by atoms with Crippen molar-refractivity contribution in [3.63, 3.8) is 0 Å². The van der Waals surface area contributed by atoms with Gasteiger partial charge in [0.25, 0.3) is 10.0 Å². The van der Waals surface area contributed by atoms with Crippen LogP contribution in [0.2, 0.25) is 5.02 Å². The number of halogens is 3. The third kappa shape index (κ3) is 3.46. The van der Waals surface area contributed by atoms with Crippen molar-refractivity contribution in [2.75, 3.05) is 10.5 Å². The van der Waals surface area contributed by atoms with E-state index in [-0.39, 0.29) is 10.6 Å². The van der Waals surface area contributed by atoms with Gasteiger partial charge in [-0.2, -0.15) is 0 Å². The van der Waals surface area contributed by atoms with E-state index in [4.69, 9.17) is 17.3 Å². The van der Waals surface area contributed by atoms with Crippen molar-refractivity contribution >= 4 is 64.9 Å². The molecule has 8 heteroatoms. The standard InChI is InChI=1S/C12H9Br2ClN2O2S/c13-7-1-3-9(14)11(5-7)17-20(18,19)12-4-2-8(15)6-10(12)16/h1-6,17H,16H2. The van der Waals surface area contributed by atoms with Gasteiger partial charge in [-0.3, -0.25) is 4.72 Å². The lowest BCUT2D eigenvalue weighted by Crippen LogP contribution is -2.15. The van der Waals surface area contributed by atoms with Crippen molar-refractivity contribution in [3.8, 4) is 0 Å². The van der Waals surface area contributed by atoms with E-state index in [1.165, 1.54) is 18.2 Å². The highest BCUT2D eigenvalue weighted by molar-refractivity contribution is 9.11. The summed E-state index contributed by atoms with van der Waals surface area (Å²) in [5.74, 6) is 0. The van der Waals surface area contributed by atoms with Gasteiger partial charge in [-0.15, -0.1) is 0 Å². The normalized spacial score (nSPS) is 11.3. The molecule has 0 aliphatic heterocycles. The van der Waals surface area contributed by atoms with E-state index in [0.717, 1.165) is 4.47 Å². The largest absolute Gasteiger partial charge is 0.398 e. The summed E-state index contributed by atoms with van der Waals surface area (Å²) >= 11 is 12.3. The Morgan fingerprint density at radius 2 is 1.80 bits per heavy atom. The van der Waals surface area contributed by atoms with Gasteiger partial charge in [-0.1, -0.05) is 27.5 Å². The molecule has 106 valence electrons. The van der Waals surface area contributed by atoms with Crippen molar-refractivity contribution in [3.05, 3.63) is 50.4 Å². The Kier molecular flexibility index (Phi) is 4.63. The van der Waals surface area contributed by atoms with E-state index >= 15 is 0 Å². The minimum atomic E-state index is -3.78. The van der Waals surface area contributed by atoms with Gasteiger partial charge < -0.3 is 5.73 Å². The van der Waals surface area contributed by atoms with Crippen LogP contribution in [0.1, 0.15) is 0 Å². The molecule has 2 aromatic rings. The lowest BCUT2D eigenvalue weighted by atomic mass is 10.3. The predicted octanol–water partition coefficient (Wildman–Crippen LogP) is 4.25. The van der Waals surface area contributed by atoms with Gasteiger partial charge in [-0.25, -0.2) is 8.42 Å². The monoisotopic (exact) mass is 438 g/mol. The van der Waals surface area contributed by atoms with E-state index in [2.05, 4.69) is 36.6 Å². The predicted molar refractivity (Wildman–Crippen MR) is 88.5 cm³/mol. The van der Waals surface area contributed by atoms with Gasteiger partial charge in [0.1, 0.15) is 4.90 Å². The number of hydrogen-bond acceptors (Lipinski definition) is 3. The van der Waals surface area contributed by atoms with Gasteiger partial charge in [0.15, 0.2) is 0 Å². The highest BCUT2D eigenvalue weighted by Gasteiger charge is 2.19. The van der Waals surface area contributed by atoms with Gasteiger partial charge in [0.2, 0.25) is 0 Å². The Labute approximate surface area is 138 Å². The molecule has 0 amide bonds. The second kappa shape index (κ2) is 5.93. The van der Waals surface area contributed by atoms with Crippen LogP contribution in [-0.4, -0.2) is 8.42 Å². The number of nitrogens with one attached hydrogen (secondary N) is 1.